The van der Waals surface area contributed by atoms with Crippen LogP contribution in [0.4, 0.5) is 0 Å². The second-order valence-electron chi connectivity index (χ2n) is 3.65. The molecule has 0 saturated carbocycles. The average molecular weight is 216 g/mol. The van der Waals surface area contributed by atoms with Gasteiger partial charge in [-0.25, -0.2) is 4.79 Å². The Morgan fingerprint density at radius 1 is 1.31 bits per heavy atom. The van der Waals surface area contributed by atoms with Gasteiger partial charge in [-0.3, -0.25) is 4.68 Å². The van der Waals surface area contributed by atoms with Crippen molar-refractivity contribution in [2.24, 2.45) is 7.05 Å². The second kappa shape index (κ2) is 3.81. The van der Waals surface area contributed by atoms with Gasteiger partial charge in [-0.1, -0.05) is 24.3 Å². The highest BCUT2D eigenvalue weighted by molar-refractivity contribution is 5.94. The minimum atomic E-state index is -0.960. The normalized spacial score (nSPS) is 10.4. The summed E-state index contributed by atoms with van der Waals surface area (Å²) in [7, 11) is 1.63. The van der Waals surface area contributed by atoms with Crippen LogP contribution in [-0.2, 0) is 7.05 Å². The standard InChI is InChI=1S/C12H12N2O2/c1-8-5-3-4-6-9(8)10-7-13-14(2)11(10)12(15)16/h3-7H,1-2H3,(H,15,16). The summed E-state index contributed by atoms with van der Waals surface area (Å²) in [5, 5.41) is 13.1. The molecule has 1 aromatic carbocycles. The van der Waals surface area contributed by atoms with Gasteiger partial charge in [0.1, 0.15) is 0 Å². The van der Waals surface area contributed by atoms with E-state index in [-0.39, 0.29) is 5.69 Å². The van der Waals surface area contributed by atoms with E-state index in [1.165, 1.54) is 4.68 Å². The zero-order valence-electron chi connectivity index (χ0n) is 9.14. The number of aromatic nitrogens is 2. The third kappa shape index (κ3) is 1.58. The fraction of sp³-hybridized carbons (Fsp3) is 0.167. The van der Waals surface area contributed by atoms with E-state index in [2.05, 4.69) is 5.10 Å². The predicted octanol–water partition coefficient (Wildman–Crippen LogP) is 2.09. The van der Waals surface area contributed by atoms with Crippen molar-refractivity contribution in [1.82, 2.24) is 9.78 Å². The molecule has 0 fully saturated rings. The molecule has 0 spiro atoms. The second-order valence-corrected chi connectivity index (χ2v) is 3.65. The number of carbonyl (C=O) groups is 1. The Kier molecular flexibility index (Phi) is 2.48. The van der Waals surface area contributed by atoms with Crippen molar-refractivity contribution < 1.29 is 9.90 Å². The number of nitrogens with zero attached hydrogens (tertiary/aromatic N) is 2. The fourth-order valence-electron chi connectivity index (χ4n) is 1.76. The van der Waals surface area contributed by atoms with E-state index >= 15 is 0 Å². The summed E-state index contributed by atoms with van der Waals surface area (Å²) in [6.45, 7) is 1.95. The molecule has 0 aliphatic rings. The van der Waals surface area contributed by atoms with Crippen LogP contribution in [0.25, 0.3) is 11.1 Å². The van der Waals surface area contributed by atoms with Gasteiger partial charge in [0.15, 0.2) is 5.69 Å². The largest absolute Gasteiger partial charge is 0.477 e. The number of hydrogen-bond donors (Lipinski definition) is 1. The van der Waals surface area contributed by atoms with Crippen molar-refractivity contribution in [3.8, 4) is 11.1 Å². The molecule has 0 radical (unpaired) electrons. The highest BCUT2D eigenvalue weighted by atomic mass is 16.4. The Balaban J connectivity index is 2.66. The summed E-state index contributed by atoms with van der Waals surface area (Å²) in [6.07, 6.45) is 1.59. The zero-order valence-corrected chi connectivity index (χ0v) is 9.14. The molecule has 0 aliphatic carbocycles. The maximum absolute atomic E-state index is 11.1. The van der Waals surface area contributed by atoms with E-state index in [9.17, 15) is 4.79 Å². The highest BCUT2D eigenvalue weighted by Crippen LogP contribution is 2.26. The van der Waals surface area contributed by atoms with E-state index in [1.807, 2.05) is 31.2 Å². The van der Waals surface area contributed by atoms with E-state index in [1.54, 1.807) is 13.2 Å². The maximum Gasteiger partial charge on any atom is 0.354 e. The zero-order chi connectivity index (χ0) is 11.7. The Bertz CT molecular complexity index is 544. The van der Waals surface area contributed by atoms with Crippen molar-refractivity contribution in [2.75, 3.05) is 0 Å². The van der Waals surface area contributed by atoms with Crippen molar-refractivity contribution >= 4 is 5.97 Å². The quantitative estimate of drug-likeness (QED) is 0.836. The Labute approximate surface area is 93.1 Å². The van der Waals surface area contributed by atoms with E-state index < -0.39 is 5.97 Å². The van der Waals surface area contributed by atoms with Crippen LogP contribution in [0.2, 0.25) is 0 Å². The van der Waals surface area contributed by atoms with Crippen LogP contribution in [0.1, 0.15) is 16.1 Å². The molecule has 0 bridgehead atoms. The molecule has 0 atom stereocenters. The van der Waals surface area contributed by atoms with Crippen LogP contribution in [0.15, 0.2) is 30.5 Å². The molecule has 0 saturated heterocycles. The number of hydrogen-bond acceptors (Lipinski definition) is 2. The van der Waals surface area contributed by atoms with Crippen LogP contribution >= 0.6 is 0 Å². The molecular weight excluding hydrogens is 204 g/mol. The third-order valence-corrected chi connectivity index (χ3v) is 2.58. The van der Waals surface area contributed by atoms with Gasteiger partial charge in [0.2, 0.25) is 0 Å². The van der Waals surface area contributed by atoms with Crippen LogP contribution in [0, 0.1) is 6.92 Å². The molecule has 2 rings (SSSR count). The Morgan fingerprint density at radius 2 is 2.00 bits per heavy atom. The number of carboxylic acid groups (broad SMARTS) is 1. The molecule has 0 unspecified atom stereocenters. The van der Waals surface area contributed by atoms with Crippen LogP contribution in [-0.4, -0.2) is 20.9 Å². The predicted molar refractivity (Wildman–Crippen MR) is 60.3 cm³/mol. The summed E-state index contributed by atoms with van der Waals surface area (Å²) in [5.41, 5.74) is 2.83. The molecule has 2 aromatic rings. The smallest absolute Gasteiger partial charge is 0.354 e. The van der Waals surface area contributed by atoms with Crippen molar-refractivity contribution in [3.05, 3.63) is 41.7 Å². The minimum Gasteiger partial charge on any atom is -0.477 e. The van der Waals surface area contributed by atoms with Gasteiger partial charge in [0.05, 0.1) is 6.20 Å². The van der Waals surface area contributed by atoms with Crippen LogP contribution < -0.4 is 0 Å². The summed E-state index contributed by atoms with van der Waals surface area (Å²) in [4.78, 5) is 11.1. The first kappa shape index (κ1) is 10.4. The molecule has 82 valence electrons. The van der Waals surface area contributed by atoms with Crippen molar-refractivity contribution in [1.29, 1.82) is 0 Å². The van der Waals surface area contributed by atoms with Crippen LogP contribution in [0.3, 0.4) is 0 Å². The van der Waals surface area contributed by atoms with Gasteiger partial charge in [-0.2, -0.15) is 5.10 Å². The summed E-state index contributed by atoms with van der Waals surface area (Å²) >= 11 is 0. The summed E-state index contributed by atoms with van der Waals surface area (Å²) < 4.78 is 1.38. The Morgan fingerprint density at radius 3 is 2.62 bits per heavy atom. The SMILES string of the molecule is Cc1ccccc1-c1cnn(C)c1C(=O)O. The molecule has 0 aliphatic heterocycles. The van der Waals surface area contributed by atoms with Gasteiger partial charge in [-0.15, -0.1) is 0 Å². The molecule has 4 nitrogen and oxygen atoms in total. The molecule has 1 N–H and O–H groups in total. The number of aryl methyl sites for hydroxylation is 2. The third-order valence-electron chi connectivity index (χ3n) is 2.58. The van der Waals surface area contributed by atoms with E-state index in [0.29, 0.717) is 5.56 Å². The van der Waals surface area contributed by atoms with Crippen molar-refractivity contribution in [2.45, 2.75) is 6.92 Å². The fourth-order valence-corrected chi connectivity index (χ4v) is 1.76. The lowest BCUT2D eigenvalue weighted by molar-refractivity contribution is 0.0686. The van der Waals surface area contributed by atoms with Gasteiger partial charge in [-0.05, 0) is 18.1 Å². The number of aromatic carboxylic acids is 1. The monoisotopic (exact) mass is 216 g/mol. The number of carboxylic acids is 1. The lowest BCUT2D eigenvalue weighted by Gasteiger charge is -2.04. The molecular formula is C12H12N2O2. The van der Waals surface area contributed by atoms with Crippen LogP contribution in [0.5, 0.6) is 0 Å². The lowest BCUT2D eigenvalue weighted by Crippen LogP contribution is -2.06. The lowest BCUT2D eigenvalue weighted by atomic mass is 10.0. The van der Waals surface area contributed by atoms with Gasteiger partial charge >= 0.3 is 5.97 Å². The average Bonchev–Trinajstić information content (AvgIpc) is 2.61. The first-order chi connectivity index (χ1) is 7.61. The maximum atomic E-state index is 11.1. The summed E-state index contributed by atoms with van der Waals surface area (Å²) in [6, 6.07) is 7.67. The van der Waals surface area contributed by atoms with Gasteiger partial charge < -0.3 is 5.11 Å². The topological polar surface area (TPSA) is 55.1 Å². The number of benzene rings is 1. The molecule has 1 heterocycles. The summed E-state index contributed by atoms with van der Waals surface area (Å²) in [5.74, 6) is -0.960. The van der Waals surface area contributed by atoms with E-state index in [0.717, 1.165) is 11.1 Å². The van der Waals surface area contributed by atoms with Crippen molar-refractivity contribution in [3.63, 3.8) is 0 Å². The minimum absolute atomic E-state index is 0.217. The molecule has 1 aromatic heterocycles. The number of rotatable bonds is 2. The van der Waals surface area contributed by atoms with Gasteiger partial charge in [0.25, 0.3) is 0 Å². The first-order valence-corrected chi connectivity index (χ1v) is 4.92. The highest BCUT2D eigenvalue weighted by Gasteiger charge is 2.17. The Hall–Kier alpha value is -2.10. The molecule has 16 heavy (non-hydrogen) atoms. The first-order valence-electron chi connectivity index (χ1n) is 4.92. The van der Waals surface area contributed by atoms with E-state index in [4.69, 9.17) is 5.11 Å². The molecule has 4 heteroatoms. The van der Waals surface area contributed by atoms with Gasteiger partial charge in [0, 0.05) is 12.6 Å². The molecule has 0 amide bonds.